The second-order valence-electron chi connectivity index (χ2n) is 6.35. The van der Waals surface area contributed by atoms with Gasteiger partial charge in [-0.15, -0.1) is 0 Å². The maximum Gasteiger partial charge on any atom is 0.185 e. The normalized spacial score (nSPS) is 13.7. The lowest BCUT2D eigenvalue weighted by atomic mass is 10.1. The Balaban J connectivity index is 1.82. The van der Waals surface area contributed by atoms with E-state index in [9.17, 15) is 4.79 Å². The van der Waals surface area contributed by atoms with E-state index < -0.39 is 0 Å². The molecule has 0 atom stereocenters. The molecule has 0 bridgehead atoms. The van der Waals surface area contributed by atoms with Crippen LogP contribution in [0.1, 0.15) is 47.2 Å². The van der Waals surface area contributed by atoms with E-state index in [4.69, 9.17) is 9.47 Å². The number of fused-ring (bicyclic) bond motifs is 1. The fourth-order valence-electron chi connectivity index (χ4n) is 3.22. The minimum absolute atomic E-state index is 0.0404. The summed E-state index contributed by atoms with van der Waals surface area (Å²) < 4.78 is 13.3. The molecule has 0 unspecified atom stereocenters. The number of aryl methyl sites for hydroxylation is 1. The van der Waals surface area contributed by atoms with Gasteiger partial charge in [-0.2, -0.15) is 0 Å². The largest absolute Gasteiger partial charge is 0.486 e. The van der Waals surface area contributed by atoms with Crippen molar-refractivity contribution in [1.82, 2.24) is 4.57 Å². The molecular weight excluding hydrogens is 302 g/mol. The Labute approximate surface area is 142 Å². The van der Waals surface area contributed by atoms with Crippen LogP contribution in [-0.2, 0) is 0 Å². The summed E-state index contributed by atoms with van der Waals surface area (Å²) in [6, 6.07) is 7.83. The highest BCUT2D eigenvalue weighted by atomic mass is 16.6. The second-order valence-corrected chi connectivity index (χ2v) is 6.35. The van der Waals surface area contributed by atoms with Gasteiger partial charge in [0.1, 0.15) is 13.2 Å². The molecule has 0 radical (unpaired) electrons. The van der Waals surface area contributed by atoms with Crippen LogP contribution in [0.25, 0.3) is 6.08 Å². The van der Waals surface area contributed by atoms with Gasteiger partial charge in [0.2, 0.25) is 0 Å². The van der Waals surface area contributed by atoms with Gasteiger partial charge in [-0.25, -0.2) is 0 Å². The zero-order chi connectivity index (χ0) is 17.3. The number of nitrogens with zero attached hydrogens (tertiary/aromatic N) is 1. The molecule has 1 aromatic carbocycles. The van der Waals surface area contributed by atoms with Crippen molar-refractivity contribution in [3.05, 3.63) is 52.9 Å². The summed E-state index contributed by atoms with van der Waals surface area (Å²) in [5.41, 5.74) is 4.06. The molecule has 2 heterocycles. The zero-order valence-electron chi connectivity index (χ0n) is 14.6. The summed E-state index contributed by atoms with van der Waals surface area (Å²) in [4.78, 5) is 12.5. The first-order valence-corrected chi connectivity index (χ1v) is 8.28. The Hall–Kier alpha value is -2.49. The Kier molecular flexibility index (Phi) is 4.47. The van der Waals surface area contributed by atoms with Gasteiger partial charge < -0.3 is 14.0 Å². The maximum absolute atomic E-state index is 12.5. The number of carbonyl (C=O) groups excluding carboxylic acids is 1. The van der Waals surface area contributed by atoms with Crippen LogP contribution in [0.3, 0.4) is 0 Å². The summed E-state index contributed by atoms with van der Waals surface area (Å²) in [5, 5.41) is 0. The van der Waals surface area contributed by atoms with Crippen LogP contribution < -0.4 is 9.47 Å². The third-order valence-corrected chi connectivity index (χ3v) is 4.28. The van der Waals surface area contributed by atoms with Gasteiger partial charge >= 0.3 is 0 Å². The molecule has 2 aromatic rings. The standard InChI is InChI=1S/C20H23NO3/c1-13(2)21-14(3)11-16(15(21)4)5-7-18(22)17-6-8-19-20(12-17)24-10-9-23-19/h5-8,11-13H,9-10H2,1-4H3/b7-5+. The minimum atomic E-state index is -0.0404. The fourth-order valence-corrected chi connectivity index (χ4v) is 3.22. The van der Waals surface area contributed by atoms with Gasteiger partial charge in [0, 0.05) is 23.0 Å². The van der Waals surface area contributed by atoms with Gasteiger partial charge in [-0.3, -0.25) is 4.79 Å². The van der Waals surface area contributed by atoms with E-state index in [0.717, 1.165) is 5.56 Å². The number of carbonyl (C=O) groups is 1. The van der Waals surface area contributed by atoms with Crippen LogP contribution in [0.4, 0.5) is 0 Å². The van der Waals surface area contributed by atoms with E-state index in [1.54, 1.807) is 24.3 Å². The summed E-state index contributed by atoms with van der Waals surface area (Å²) >= 11 is 0. The molecule has 24 heavy (non-hydrogen) atoms. The highest BCUT2D eigenvalue weighted by Gasteiger charge is 2.14. The average molecular weight is 325 g/mol. The van der Waals surface area contributed by atoms with Crippen molar-refractivity contribution in [2.45, 2.75) is 33.7 Å². The average Bonchev–Trinajstić information content (AvgIpc) is 2.86. The number of ether oxygens (including phenoxy) is 2. The lowest BCUT2D eigenvalue weighted by Crippen LogP contribution is -2.15. The number of hydrogen-bond acceptors (Lipinski definition) is 3. The first kappa shape index (κ1) is 16.4. The first-order valence-electron chi connectivity index (χ1n) is 8.28. The van der Waals surface area contributed by atoms with E-state index in [-0.39, 0.29) is 5.78 Å². The molecule has 0 saturated heterocycles. The van der Waals surface area contributed by atoms with E-state index in [1.165, 1.54) is 11.4 Å². The van der Waals surface area contributed by atoms with E-state index in [2.05, 4.69) is 38.3 Å². The van der Waals surface area contributed by atoms with Crippen molar-refractivity contribution in [3.8, 4) is 11.5 Å². The number of ketones is 1. The molecule has 126 valence electrons. The predicted molar refractivity (Wildman–Crippen MR) is 95.1 cm³/mol. The van der Waals surface area contributed by atoms with Crippen molar-refractivity contribution in [1.29, 1.82) is 0 Å². The van der Waals surface area contributed by atoms with Crippen LogP contribution in [0.15, 0.2) is 30.3 Å². The Morgan fingerprint density at radius 1 is 1.12 bits per heavy atom. The quantitative estimate of drug-likeness (QED) is 0.620. The lowest BCUT2D eigenvalue weighted by Gasteiger charge is -2.18. The Bertz CT molecular complexity index is 799. The molecule has 1 aromatic heterocycles. The lowest BCUT2D eigenvalue weighted by molar-refractivity contribution is 0.104. The summed E-state index contributed by atoms with van der Waals surface area (Å²) in [6.45, 7) is 9.56. The monoisotopic (exact) mass is 325 g/mol. The molecule has 0 spiro atoms. The van der Waals surface area contributed by atoms with E-state index >= 15 is 0 Å². The highest BCUT2D eigenvalue weighted by Crippen LogP contribution is 2.31. The molecule has 1 aliphatic rings. The molecule has 0 saturated carbocycles. The number of rotatable bonds is 4. The smallest absolute Gasteiger partial charge is 0.185 e. The Morgan fingerprint density at radius 3 is 2.50 bits per heavy atom. The van der Waals surface area contributed by atoms with Gasteiger partial charge in [0.15, 0.2) is 17.3 Å². The number of allylic oxidation sites excluding steroid dienone is 1. The molecular formula is C20H23NO3. The topological polar surface area (TPSA) is 40.5 Å². The van der Waals surface area contributed by atoms with E-state index in [1.807, 2.05) is 6.08 Å². The minimum Gasteiger partial charge on any atom is -0.486 e. The molecule has 0 N–H and O–H groups in total. The van der Waals surface area contributed by atoms with Crippen LogP contribution in [-0.4, -0.2) is 23.6 Å². The Morgan fingerprint density at radius 2 is 1.83 bits per heavy atom. The van der Waals surface area contributed by atoms with Crippen molar-refractivity contribution >= 4 is 11.9 Å². The predicted octanol–water partition coefficient (Wildman–Crippen LogP) is 4.35. The van der Waals surface area contributed by atoms with Crippen molar-refractivity contribution in [3.63, 3.8) is 0 Å². The van der Waals surface area contributed by atoms with Gasteiger partial charge in [0.05, 0.1) is 0 Å². The van der Waals surface area contributed by atoms with Crippen LogP contribution >= 0.6 is 0 Å². The van der Waals surface area contributed by atoms with Crippen LogP contribution in [0.2, 0.25) is 0 Å². The van der Waals surface area contributed by atoms with Crippen LogP contribution in [0, 0.1) is 13.8 Å². The third-order valence-electron chi connectivity index (χ3n) is 4.28. The van der Waals surface area contributed by atoms with Gasteiger partial charge in [-0.05, 0) is 69.7 Å². The van der Waals surface area contributed by atoms with Crippen molar-refractivity contribution in [2.75, 3.05) is 13.2 Å². The summed E-state index contributed by atoms with van der Waals surface area (Å²) in [6.07, 6.45) is 3.51. The molecule has 4 nitrogen and oxygen atoms in total. The van der Waals surface area contributed by atoms with E-state index in [0.29, 0.717) is 36.3 Å². The molecule has 3 rings (SSSR count). The fraction of sp³-hybridized carbons (Fsp3) is 0.350. The summed E-state index contributed by atoms with van der Waals surface area (Å²) in [7, 11) is 0. The molecule has 0 aliphatic carbocycles. The molecule has 0 fully saturated rings. The SMILES string of the molecule is Cc1cc(/C=C/C(=O)c2ccc3c(c2)OCCO3)c(C)n1C(C)C. The first-order chi connectivity index (χ1) is 11.5. The van der Waals surface area contributed by atoms with Crippen molar-refractivity contribution in [2.24, 2.45) is 0 Å². The number of hydrogen-bond donors (Lipinski definition) is 0. The van der Waals surface area contributed by atoms with Crippen molar-refractivity contribution < 1.29 is 14.3 Å². The summed E-state index contributed by atoms with van der Waals surface area (Å²) in [5.74, 6) is 1.29. The van der Waals surface area contributed by atoms with Gasteiger partial charge in [0.25, 0.3) is 0 Å². The molecule has 4 heteroatoms. The second kappa shape index (κ2) is 6.56. The highest BCUT2D eigenvalue weighted by molar-refractivity contribution is 6.07. The molecule has 1 aliphatic heterocycles. The van der Waals surface area contributed by atoms with Gasteiger partial charge in [-0.1, -0.05) is 0 Å². The maximum atomic E-state index is 12.5. The third kappa shape index (κ3) is 3.09. The number of aromatic nitrogens is 1. The zero-order valence-corrected chi connectivity index (χ0v) is 14.6. The molecule has 0 amide bonds. The van der Waals surface area contributed by atoms with Crippen LogP contribution in [0.5, 0.6) is 11.5 Å². The number of benzene rings is 1.